The van der Waals surface area contributed by atoms with Crippen molar-refractivity contribution in [3.8, 4) is 5.75 Å². The molecule has 15 heavy (non-hydrogen) atoms. The Morgan fingerprint density at radius 2 is 2.13 bits per heavy atom. The standard InChI is InChI=1S/C10H7Br3O2/c11-7-4-6(8(14)10(12)13)3-5-1-2-15-9(5)7/h3-4,10H,1-2H2. The average molecular weight is 399 g/mol. The van der Waals surface area contributed by atoms with E-state index in [-0.39, 0.29) is 9.52 Å². The summed E-state index contributed by atoms with van der Waals surface area (Å²) in [6, 6.07) is 3.69. The van der Waals surface area contributed by atoms with E-state index in [0.29, 0.717) is 12.2 Å². The highest BCUT2D eigenvalue weighted by Crippen LogP contribution is 2.35. The molecule has 0 atom stereocenters. The van der Waals surface area contributed by atoms with Gasteiger partial charge < -0.3 is 4.74 Å². The monoisotopic (exact) mass is 396 g/mol. The number of alkyl halides is 2. The Morgan fingerprint density at radius 3 is 2.80 bits per heavy atom. The zero-order valence-electron chi connectivity index (χ0n) is 7.60. The second kappa shape index (κ2) is 4.55. The van der Waals surface area contributed by atoms with E-state index < -0.39 is 0 Å². The molecule has 0 spiro atoms. The van der Waals surface area contributed by atoms with Crippen LogP contribution in [0.3, 0.4) is 0 Å². The van der Waals surface area contributed by atoms with E-state index in [1.54, 1.807) is 6.07 Å². The van der Waals surface area contributed by atoms with E-state index >= 15 is 0 Å². The minimum absolute atomic E-state index is 0.0189. The molecule has 1 heterocycles. The summed E-state index contributed by atoms with van der Waals surface area (Å²) in [6.45, 7) is 0.692. The number of ketones is 1. The van der Waals surface area contributed by atoms with Crippen LogP contribution in [-0.4, -0.2) is 16.1 Å². The first-order valence-corrected chi connectivity index (χ1v) is 6.99. The van der Waals surface area contributed by atoms with Crippen LogP contribution in [0.2, 0.25) is 0 Å². The lowest BCUT2D eigenvalue weighted by molar-refractivity contribution is 0.101. The predicted molar refractivity (Wildman–Crippen MR) is 69.3 cm³/mol. The number of hydrogen-bond acceptors (Lipinski definition) is 2. The van der Waals surface area contributed by atoms with Crippen molar-refractivity contribution in [2.24, 2.45) is 0 Å². The fourth-order valence-corrected chi connectivity index (χ4v) is 2.67. The lowest BCUT2D eigenvalue weighted by atomic mass is 10.1. The highest BCUT2D eigenvalue weighted by molar-refractivity contribution is 9.25. The Hall–Kier alpha value is 0.130. The summed E-state index contributed by atoms with van der Waals surface area (Å²) in [5.74, 6) is 0.887. The lowest BCUT2D eigenvalue weighted by Crippen LogP contribution is -2.07. The van der Waals surface area contributed by atoms with E-state index in [9.17, 15) is 4.79 Å². The van der Waals surface area contributed by atoms with Gasteiger partial charge >= 0.3 is 0 Å². The molecule has 0 unspecified atom stereocenters. The number of Topliss-reactive ketones (excluding diaryl/α,β-unsaturated/α-hetero) is 1. The van der Waals surface area contributed by atoms with Crippen LogP contribution >= 0.6 is 47.8 Å². The van der Waals surface area contributed by atoms with Crippen molar-refractivity contribution >= 4 is 53.6 Å². The van der Waals surface area contributed by atoms with E-state index in [0.717, 1.165) is 22.2 Å². The highest BCUT2D eigenvalue weighted by Gasteiger charge is 2.21. The van der Waals surface area contributed by atoms with Gasteiger partial charge in [0.25, 0.3) is 0 Å². The van der Waals surface area contributed by atoms with Crippen LogP contribution in [0.5, 0.6) is 5.75 Å². The van der Waals surface area contributed by atoms with Crippen LogP contribution in [-0.2, 0) is 6.42 Å². The van der Waals surface area contributed by atoms with Crippen molar-refractivity contribution in [3.05, 3.63) is 27.7 Å². The third kappa shape index (κ3) is 2.29. The first-order valence-electron chi connectivity index (χ1n) is 4.37. The van der Waals surface area contributed by atoms with Crippen LogP contribution in [0.1, 0.15) is 15.9 Å². The van der Waals surface area contributed by atoms with Gasteiger partial charge in [-0.2, -0.15) is 0 Å². The molecule has 2 nitrogen and oxygen atoms in total. The second-order valence-corrected chi connectivity index (χ2v) is 7.12. The average Bonchev–Trinajstić information content (AvgIpc) is 2.64. The fourth-order valence-electron chi connectivity index (χ4n) is 1.53. The molecule has 1 aromatic carbocycles. The van der Waals surface area contributed by atoms with Gasteiger partial charge in [-0.1, -0.05) is 31.9 Å². The summed E-state index contributed by atoms with van der Waals surface area (Å²) in [5, 5.41) is 0. The zero-order chi connectivity index (χ0) is 11.0. The molecule has 0 radical (unpaired) electrons. The number of hydrogen-bond donors (Lipinski definition) is 0. The van der Waals surface area contributed by atoms with Gasteiger partial charge in [-0.15, -0.1) is 0 Å². The van der Waals surface area contributed by atoms with Crippen molar-refractivity contribution < 1.29 is 9.53 Å². The topological polar surface area (TPSA) is 26.3 Å². The molecule has 0 N–H and O–H groups in total. The van der Waals surface area contributed by atoms with Gasteiger partial charge in [0.1, 0.15) is 9.49 Å². The van der Waals surface area contributed by atoms with E-state index in [1.807, 2.05) is 6.07 Å². The summed E-state index contributed by atoms with van der Waals surface area (Å²) < 4.78 is 5.96. The molecule has 80 valence electrons. The lowest BCUT2D eigenvalue weighted by Gasteiger charge is -2.06. The molecule has 1 aromatic rings. The molecular formula is C10H7Br3O2. The summed E-state index contributed by atoms with van der Waals surface area (Å²) in [5.41, 5.74) is 1.78. The summed E-state index contributed by atoms with van der Waals surface area (Å²) in [6.07, 6.45) is 0.865. The van der Waals surface area contributed by atoms with Crippen LogP contribution in [0, 0.1) is 0 Å². The first-order chi connectivity index (χ1) is 7.09. The van der Waals surface area contributed by atoms with Gasteiger partial charge in [-0.05, 0) is 33.6 Å². The molecule has 1 aliphatic rings. The third-order valence-electron chi connectivity index (χ3n) is 2.22. The Labute approximate surface area is 113 Å². The van der Waals surface area contributed by atoms with Crippen LogP contribution in [0.4, 0.5) is 0 Å². The van der Waals surface area contributed by atoms with Crippen molar-refractivity contribution in [2.45, 2.75) is 10.2 Å². The number of carbonyl (C=O) groups is 1. The van der Waals surface area contributed by atoms with E-state index in [4.69, 9.17) is 4.74 Å². The van der Waals surface area contributed by atoms with Crippen molar-refractivity contribution in [1.82, 2.24) is 0 Å². The number of benzene rings is 1. The van der Waals surface area contributed by atoms with Crippen molar-refractivity contribution in [2.75, 3.05) is 6.61 Å². The van der Waals surface area contributed by atoms with Gasteiger partial charge in [0.15, 0.2) is 5.78 Å². The smallest absolute Gasteiger partial charge is 0.187 e. The molecule has 0 aliphatic carbocycles. The maximum atomic E-state index is 11.7. The summed E-state index contributed by atoms with van der Waals surface area (Å²) >= 11 is 9.81. The maximum Gasteiger partial charge on any atom is 0.187 e. The molecule has 0 amide bonds. The minimum Gasteiger partial charge on any atom is -0.492 e. The van der Waals surface area contributed by atoms with Crippen LogP contribution < -0.4 is 4.74 Å². The van der Waals surface area contributed by atoms with Crippen molar-refractivity contribution in [3.63, 3.8) is 0 Å². The Kier molecular flexibility index (Phi) is 3.52. The summed E-state index contributed by atoms with van der Waals surface area (Å²) in [7, 11) is 0. The van der Waals surface area contributed by atoms with Gasteiger partial charge in [0, 0.05) is 12.0 Å². The van der Waals surface area contributed by atoms with E-state index in [1.165, 1.54) is 0 Å². The highest BCUT2D eigenvalue weighted by atomic mass is 79.9. The first kappa shape index (κ1) is 11.6. The Morgan fingerprint density at radius 1 is 1.40 bits per heavy atom. The number of fused-ring (bicyclic) bond motifs is 1. The molecule has 0 bridgehead atoms. The van der Waals surface area contributed by atoms with Gasteiger partial charge in [-0.25, -0.2) is 0 Å². The SMILES string of the molecule is O=C(c1cc(Br)c2c(c1)CCO2)C(Br)Br. The van der Waals surface area contributed by atoms with Gasteiger partial charge in [0.05, 0.1) is 11.1 Å². The summed E-state index contributed by atoms with van der Waals surface area (Å²) in [4.78, 5) is 11.7. The maximum absolute atomic E-state index is 11.7. The predicted octanol–water partition coefficient (Wildman–Crippen LogP) is 3.68. The van der Waals surface area contributed by atoms with Crippen LogP contribution in [0.15, 0.2) is 16.6 Å². The molecule has 0 aromatic heterocycles. The molecule has 0 saturated carbocycles. The number of halogens is 3. The van der Waals surface area contributed by atoms with Gasteiger partial charge in [0.2, 0.25) is 0 Å². The molecule has 0 fully saturated rings. The van der Waals surface area contributed by atoms with Crippen LogP contribution in [0.25, 0.3) is 0 Å². The fraction of sp³-hybridized carbons (Fsp3) is 0.300. The Bertz CT molecular complexity index is 415. The second-order valence-electron chi connectivity index (χ2n) is 3.21. The van der Waals surface area contributed by atoms with E-state index in [2.05, 4.69) is 47.8 Å². The molecule has 0 saturated heterocycles. The van der Waals surface area contributed by atoms with Gasteiger partial charge in [-0.3, -0.25) is 4.79 Å². The molecule has 1 aliphatic heterocycles. The zero-order valence-corrected chi connectivity index (χ0v) is 12.4. The third-order valence-corrected chi connectivity index (χ3v) is 3.64. The van der Waals surface area contributed by atoms with Crippen molar-refractivity contribution in [1.29, 1.82) is 0 Å². The molecule has 2 rings (SSSR count). The molecular weight excluding hydrogens is 392 g/mol. The normalized spacial score (nSPS) is 13.9. The number of rotatable bonds is 2. The minimum atomic E-state index is -0.336. The largest absolute Gasteiger partial charge is 0.492 e. The number of ether oxygens (including phenoxy) is 1. The number of carbonyl (C=O) groups excluding carboxylic acids is 1. The molecule has 5 heteroatoms. The quantitative estimate of drug-likeness (QED) is 0.561. The Balaban J connectivity index is 2.44.